The summed E-state index contributed by atoms with van der Waals surface area (Å²) in [7, 11) is 0. The lowest BCUT2D eigenvalue weighted by Gasteiger charge is -2.31. The molecule has 0 bridgehead atoms. The molecule has 1 aromatic rings. The highest BCUT2D eigenvalue weighted by Gasteiger charge is 2.27. The number of hydrogen-bond acceptors (Lipinski definition) is 4. The molecule has 2 heterocycles. The van der Waals surface area contributed by atoms with Crippen molar-refractivity contribution < 1.29 is 14.4 Å². The molecule has 1 atom stereocenters. The quantitative estimate of drug-likeness (QED) is 0.843. The summed E-state index contributed by atoms with van der Waals surface area (Å²) in [5.74, 6) is -0.657. The standard InChI is InChI=1S/C16H22N2O3S/c1-10-8-13(11(2)22-10)14(19)5-6-15(20)18-7-3-4-12(9-18)16(17)21/h8,12H,3-7,9H2,1-2H3,(H2,17,21). The molecule has 0 aromatic carbocycles. The Balaban J connectivity index is 1.88. The first-order chi connectivity index (χ1) is 10.4. The van der Waals surface area contributed by atoms with Gasteiger partial charge in [-0.15, -0.1) is 11.3 Å². The minimum absolute atomic E-state index is 0.0126. The zero-order valence-corrected chi connectivity index (χ0v) is 13.9. The Morgan fingerprint density at radius 1 is 1.32 bits per heavy atom. The third-order valence-electron chi connectivity index (χ3n) is 4.08. The molecule has 2 rings (SSSR count). The number of nitrogens with two attached hydrogens (primary N) is 1. The fourth-order valence-corrected chi connectivity index (χ4v) is 3.80. The summed E-state index contributed by atoms with van der Waals surface area (Å²) in [5.41, 5.74) is 6.04. The number of carbonyl (C=O) groups is 3. The number of rotatable bonds is 5. The molecule has 5 nitrogen and oxygen atoms in total. The van der Waals surface area contributed by atoms with Crippen LogP contribution in [-0.2, 0) is 9.59 Å². The number of piperidine rings is 1. The molecule has 1 aliphatic heterocycles. The molecule has 0 spiro atoms. The Bertz CT molecular complexity index is 594. The van der Waals surface area contributed by atoms with Crippen molar-refractivity contribution in [2.45, 2.75) is 39.5 Å². The van der Waals surface area contributed by atoms with Gasteiger partial charge in [-0.3, -0.25) is 14.4 Å². The molecular formula is C16H22N2O3S. The molecule has 0 saturated carbocycles. The van der Waals surface area contributed by atoms with Crippen LogP contribution in [-0.4, -0.2) is 35.6 Å². The van der Waals surface area contributed by atoms with Crippen LogP contribution in [0.25, 0.3) is 0 Å². The minimum atomic E-state index is -0.349. The average molecular weight is 322 g/mol. The van der Waals surface area contributed by atoms with Crippen LogP contribution in [0.4, 0.5) is 0 Å². The van der Waals surface area contributed by atoms with E-state index in [0.717, 1.165) is 28.2 Å². The van der Waals surface area contributed by atoms with Gasteiger partial charge in [-0.25, -0.2) is 0 Å². The molecule has 2 amide bonds. The van der Waals surface area contributed by atoms with Crippen molar-refractivity contribution in [3.05, 3.63) is 21.4 Å². The average Bonchev–Trinajstić information content (AvgIpc) is 2.83. The van der Waals surface area contributed by atoms with E-state index in [1.165, 1.54) is 0 Å². The summed E-state index contributed by atoms with van der Waals surface area (Å²) in [6.45, 7) is 4.93. The summed E-state index contributed by atoms with van der Waals surface area (Å²) < 4.78 is 0. The van der Waals surface area contributed by atoms with Crippen molar-refractivity contribution in [3.63, 3.8) is 0 Å². The van der Waals surface area contributed by atoms with E-state index in [-0.39, 0.29) is 36.4 Å². The van der Waals surface area contributed by atoms with Crippen LogP contribution in [0.5, 0.6) is 0 Å². The predicted octanol–water partition coefficient (Wildman–Crippen LogP) is 2.05. The molecule has 0 radical (unpaired) electrons. The number of primary amides is 1. The number of nitrogens with zero attached hydrogens (tertiary/aromatic N) is 1. The van der Waals surface area contributed by atoms with Crippen LogP contribution in [0, 0.1) is 19.8 Å². The van der Waals surface area contributed by atoms with Gasteiger partial charge in [-0.1, -0.05) is 0 Å². The Kier molecular flexibility index (Phi) is 5.34. The van der Waals surface area contributed by atoms with E-state index >= 15 is 0 Å². The fraction of sp³-hybridized carbons (Fsp3) is 0.562. The van der Waals surface area contributed by atoms with Gasteiger partial charge in [0, 0.05) is 41.2 Å². The van der Waals surface area contributed by atoms with Crippen LogP contribution in [0.15, 0.2) is 6.07 Å². The number of hydrogen-bond donors (Lipinski definition) is 1. The third-order valence-corrected chi connectivity index (χ3v) is 5.05. The van der Waals surface area contributed by atoms with E-state index < -0.39 is 0 Å². The molecule has 1 fully saturated rings. The maximum Gasteiger partial charge on any atom is 0.223 e. The fourth-order valence-electron chi connectivity index (χ4n) is 2.86. The molecule has 6 heteroatoms. The van der Waals surface area contributed by atoms with E-state index in [9.17, 15) is 14.4 Å². The predicted molar refractivity (Wildman–Crippen MR) is 85.9 cm³/mol. The maximum atomic E-state index is 12.2. The zero-order chi connectivity index (χ0) is 16.3. The molecule has 2 N–H and O–H groups in total. The van der Waals surface area contributed by atoms with Gasteiger partial charge in [-0.05, 0) is 32.8 Å². The van der Waals surface area contributed by atoms with Crippen LogP contribution in [0.3, 0.4) is 0 Å². The van der Waals surface area contributed by atoms with Crippen molar-refractivity contribution in [2.75, 3.05) is 13.1 Å². The molecule has 1 unspecified atom stereocenters. The number of likely N-dealkylation sites (tertiary alicyclic amines) is 1. The highest BCUT2D eigenvalue weighted by Crippen LogP contribution is 2.23. The summed E-state index contributed by atoms with van der Waals surface area (Å²) >= 11 is 1.60. The Morgan fingerprint density at radius 3 is 2.64 bits per heavy atom. The van der Waals surface area contributed by atoms with Crippen LogP contribution >= 0.6 is 11.3 Å². The van der Waals surface area contributed by atoms with Crippen LogP contribution in [0.2, 0.25) is 0 Å². The monoisotopic (exact) mass is 322 g/mol. The van der Waals surface area contributed by atoms with E-state index in [0.29, 0.717) is 13.1 Å². The lowest BCUT2D eigenvalue weighted by atomic mass is 9.97. The van der Waals surface area contributed by atoms with E-state index in [2.05, 4.69) is 0 Å². The first kappa shape index (κ1) is 16.7. The van der Waals surface area contributed by atoms with E-state index in [4.69, 9.17) is 5.73 Å². The Hall–Kier alpha value is -1.69. The molecule has 1 saturated heterocycles. The second kappa shape index (κ2) is 7.05. The summed E-state index contributed by atoms with van der Waals surface area (Å²) in [4.78, 5) is 39.4. The molecular weight excluding hydrogens is 300 g/mol. The summed E-state index contributed by atoms with van der Waals surface area (Å²) in [6.07, 6.45) is 1.94. The first-order valence-electron chi connectivity index (χ1n) is 7.55. The molecule has 0 aliphatic carbocycles. The van der Waals surface area contributed by atoms with Crippen LogP contribution in [0.1, 0.15) is 45.8 Å². The smallest absolute Gasteiger partial charge is 0.223 e. The van der Waals surface area contributed by atoms with Gasteiger partial charge in [0.15, 0.2) is 5.78 Å². The molecule has 22 heavy (non-hydrogen) atoms. The molecule has 1 aromatic heterocycles. The maximum absolute atomic E-state index is 12.2. The summed E-state index contributed by atoms with van der Waals surface area (Å²) in [6, 6.07) is 1.89. The number of aryl methyl sites for hydroxylation is 2. The van der Waals surface area contributed by atoms with Gasteiger partial charge in [0.2, 0.25) is 11.8 Å². The lowest BCUT2D eigenvalue weighted by Crippen LogP contribution is -2.44. The normalized spacial score (nSPS) is 18.3. The van der Waals surface area contributed by atoms with Gasteiger partial charge in [-0.2, -0.15) is 0 Å². The highest BCUT2D eigenvalue weighted by atomic mass is 32.1. The first-order valence-corrected chi connectivity index (χ1v) is 8.37. The van der Waals surface area contributed by atoms with Crippen LogP contribution < -0.4 is 5.73 Å². The van der Waals surface area contributed by atoms with Crippen molar-refractivity contribution in [2.24, 2.45) is 11.7 Å². The molecule has 120 valence electrons. The topological polar surface area (TPSA) is 80.5 Å². The molecule has 1 aliphatic rings. The third kappa shape index (κ3) is 3.94. The second-order valence-electron chi connectivity index (χ2n) is 5.83. The van der Waals surface area contributed by atoms with Gasteiger partial charge >= 0.3 is 0 Å². The van der Waals surface area contributed by atoms with Gasteiger partial charge in [0.25, 0.3) is 0 Å². The van der Waals surface area contributed by atoms with Gasteiger partial charge in [0.1, 0.15) is 0 Å². The van der Waals surface area contributed by atoms with Crippen molar-refractivity contribution in [1.29, 1.82) is 0 Å². The Morgan fingerprint density at radius 2 is 2.05 bits per heavy atom. The number of carbonyl (C=O) groups excluding carboxylic acids is 3. The largest absolute Gasteiger partial charge is 0.369 e. The highest BCUT2D eigenvalue weighted by molar-refractivity contribution is 7.12. The number of Topliss-reactive ketones (excluding diaryl/α,β-unsaturated/α-hetero) is 1. The zero-order valence-electron chi connectivity index (χ0n) is 13.1. The second-order valence-corrected chi connectivity index (χ2v) is 7.29. The summed E-state index contributed by atoms with van der Waals surface area (Å²) in [5, 5.41) is 0. The van der Waals surface area contributed by atoms with Crippen molar-refractivity contribution in [1.82, 2.24) is 4.90 Å². The Labute approximate surface area is 134 Å². The number of amides is 2. The minimum Gasteiger partial charge on any atom is -0.369 e. The van der Waals surface area contributed by atoms with Gasteiger partial charge in [0.05, 0.1) is 5.92 Å². The lowest BCUT2D eigenvalue weighted by molar-refractivity contribution is -0.134. The SMILES string of the molecule is Cc1cc(C(=O)CCC(=O)N2CCCC(C(N)=O)C2)c(C)s1. The van der Waals surface area contributed by atoms with Crippen molar-refractivity contribution in [3.8, 4) is 0 Å². The van der Waals surface area contributed by atoms with Crippen molar-refractivity contribution >= 4 is 28.9 Å². The number of ketones is 1. The van der Waals surface area contributed by atoms with E-state index in [1.807, 2.05) is 19.9 Å². The number of thiophene rings is 1. The van der Waals surface area contributed by atoms with E-state index in [1.54, 1.807) is 16.2 Å². The van der Waals surface area contributed by atoms with Gasteiger partial charge < -0.3 is 10.6 Å².